The minimum Gasteiger partial charge on any atom is -0.488 e. The molecule has 0 amide bonds. The summed E-state index contributed by atoms with van der Waals surface area (Å²) in [6.45, 7) is 0.878. The molecule has 0 aromatic heterocycles. The van der Waals surface area contributed by atoms with Crippen molar-refractivity contribution in [1.82, 2.24) is 5.32 Å². The molecule has 1 saturated heterocycles. The van der Waals surface area contributed by atoms with Crippen molar-refractivity contribution in [3.05, 3.63) is 48.2 Å². The third-order valence-electron chi connectivity index (χ3n) is 3.33. The molecular weight excluding hydrogens is 212 g/mol. The number of nitrogen functional groups attached to an aromatic ring is 1. The van der Waals surface area contributed by atoms with E-state index in [0.29, 0.717) is 5.92 Å². The number of fused-ring (bicyclic) bond motifs is 1. The second kappa shape index (κ2) is 4.17. The van der Waals surface area contributed by atoms with Crippen LogP contribution in [0, 0.1) is 5.92 Å². The number of benzene rings is 1. The minimum atomic E-state index is 0.217. The van der Waals surface area contributed by atoms with Crippen molar-refractivity contribution in [2.75, 3.05) is 12.3 Å². The molecule has 1 aliphatic carbocycles. The zero-order chi connectivity index (χ0) is 11.7. The number of nitrogens with two attached hydrogens (primary N) is 1. The number of nitrogens with one attached hydrogen (secondary N) is 1. The van der Waals surface area contributed by atoms with E-state index < -0.39 is 0 Å². The van der Waals surface area contributed by atoms with Gasteiger partial charge in [0.05, 0.1) is 6.54 Å². The Morgan fingerprint density at radius 3 is 2.88 bits per heavy atom. The van der Waals surface area contributed by atoms with Gasteiger partial charge in [-0.05, 0) is 36.8 Å². The van der Waals surface area contributed by atoms with Gasteiger partial charge in [0.1, 0.15) is 11.9 Å². The van der Waals surface area contributed by atoms with Crippen LogP contribution < -0.4 is 15.8 Å². The first-order valence-corrected chi connectivity index (χ1v) is 5.96. The van der Waals surface area contributed by atoms with E-state index in [2.05, 4.69) is 23.5 Å². The lowest BCUT2D eigenvalue weighted by atomic mass is 9.95. The Kier molecular flexibility index (Phi) is 2.52. The molecule has 3 N–H and O–H groups in total. The number of ether oxygens (including phenoxy) is 1. The topological polar surface area (TPSA) is 47.3 Å². The van der Waals surface area contributed by atoms with E-state index in [1.54, 1.807) is 0 Å². The molecule has 0 saturated carbocycles. The van der Waals surface area contributed by atoms with E-state index in [0.717, 1.165) is 24.4 Å². The van der Waals surface area contributed by atoms with E-state index >= 15 is 0 Å². The molecule has 88 valence electrons. The predicted molar refractivity (Wildman–Crippen MR) is 68.6 cm³/mol. The van der Waals surface area contributed by atoms with Crippen LogP contribution in [0.15, 0.2) is 48.2 Å². The van der Waals surface area contributed by atoms with Gasteiger partial charge in [0.15, 0.2) is 0 Å². The first kappa shape index (κ1) is 10.3. The number of rotatable bonds is 2. The van der Waals surface area contributed by atoms with Crippen LogP contribution in [0.25, 0.3) is 0 Å². The van der Waals surface area contributed by atoms with Crippen LogP contribution in [0.1, 0.15) is 6.42 Å². The van der Waals surface area contributed by atoms with Gasteiger partial charge >= 0.3 is 0 Å². The fourth-order valence-electron chi connectivity index (χ4n) is 2.40. The maximum Gasteiger partial charge on any atom is 0.124 e. The van der Waals surface area contributed by atoms with Gasteiger partial charge in [0.25, 0.3) is 0 Å². The van der Waals surface area contributed by atoms with Gasteiger partial charge in [0.2, 0.25) is 0 Å². The standard InChI is InChI=1S/C14H16N2O/c15-10-5-7-11(8-6-10)17-14-9-16-13-4-2-1-3-12(13)14/h1-2,4-8,12,14,16H,3,9,15H2. The van der Waals surface area contributed by atoms with E-state index in [-0.39, 0.29) is 6.10 Å². The molecule has 1 aromatic rings. The zero-order valence-electron chi connectivity index (χ0n) is 9.60. The number of anilines is 1. The second-order valence-electron chi connectivity index (χ2n) is 4.50. The summed E-state index contributed by atoms with van der Waals surface area (Å²) in [6.07, 6.45) is 7.71. The van der Waals surface area contributed by atoms with Gasteiger partial charge < -0.3 is 15.8 Å². The molecule has 3 heteroatoms. The lowest BCUT2D eigenvalue weighted by Gasteiger charge is -2.20. The highest BCUT2D eigenvalue weighted by molar-refractivity contribution is 5.41. The molecule has 17 heavy (non-hydrogen) atoms. The SMILES string of the molecule is Nc1ccc(OC2CNC3=CC=CCC32)cc1. The zero-order valence-corrected chi connectivity index (χ0v) is 9.60. The van der Waals surface area contributed by atoms with Crippen molar-refractivity contribution in [2.45, 2.75) is 12.5 Å². The Hall–Kier alpha value is -1.90. The monoisotopic (exact) mass is 228 g/mol. The maximum absolute atomic E-state index is 6.01. The van der Waals surface area contributed by atoms with Crippen LogP contribution in [-0.2, 0) is 0 Å². The fraction of sp³-hybridized carbons (Fsp3) is 0.286. The molecular formula is C14H16N2O. The van der Waals surface area contributed by atoms with Gasteiger partial charge in [0, 0.05) is 17.3 Å². The number of allylic oxidation sites excluding steroid dienone is 3. The lowest BCUT2D eigenvalue weighted by Crippen LogP contribution is -2.25. The smallest absolute Gasteiger partial charge is 0.124 e. The molecule has 1 aliphatic heterocycles. The Bertz CT molecular complexity index is 462. The summed E-state index contributed by atoms with van der Waals surface area (Å²) in [5.41, 5.74) is 7.72. The summed E-state index contributed by atoms with van der Waals surface area (Å²) in [4.78, 5) is 0. The summed E-state index contributed by atoms with van der Waals surface area (Å²) in [6, 6.07) is 7.59. The molecule has 2 unspecified atom stereocenters. The van der Waals surface area contributed by atoms with Gasteiger partial charge in [-0.3, -0.25) is 0 Å². The highest BCUT2D eigenvalue weighted by Crippen LogP contribution is 2.30. The Labute approximate surface area is 101 Å². The molecule has 0 bridgehead atoms. The quantitative estimate of drug-likeness (QED) is 0.762. The van der Waals surface area contributed by atoms with Crippen LogP contribution in [0.2, 0.25) is 0 Å². The van der Waals surface area contributed by atoms with Gasteiger partial charge in [-0.1, -0.05) is 12.2 Å². The molecule has 0 spiro atoms. The predicted octanol–water partition coefficient (Wildman–Crippen LogP) is 2.08. The number of hydrogen-bond acceptors (Lipinski definition) is 3. The van der Waals surface area contributed by atoms with E-state index in [1.807, 2.05) is 24.3 Å². The van der Waals surface area contributed by atoms with Crippen molar-refractivity contribution in [1.29, 1.82) is 0 Å². The molecule has 1 heterocycles. The Morgan fingerprint density at radius 2 is 2.06 bits per heavy atom. The summed E-state index contributed by atoms with van der Waals surface area (Å²) in [5, 5.41) is 3.40. The molecule has 3 rings (SSSR count). The molecule has 2 aliphatic rings. The van der Waals surface area contributed by atoms with E-state index in [1.165, 1.54) is 5.70 Å². The van der Waals surface area contributed by atoms with Crippen LogP contribution in [0.4, 0.5) is 5.69 Å². The van der Waals surface area contributed by atoms with Crippen LogP contribution in [0.3, 0.4) is 0 Å². The molecule has 0 radical (unpaired) electrons. The average Bonchev–Trinajstić information content (AvgIpc) is 2.76. The van der Waals surface area contributed by atoms with E-state index in [9.17, 15) is 0 Å². The summed E-state index contributed by atoms with van der Waals surface area (Å²) in [7, 11) is 0. The maximum atomic E-state index is 6.01. The van der Waals surface area contributed by atoms with Crippen LogP contribution in [0.5, 0.6) is 5.75 Å². The van der Waals surface area contributed by atoms with Gasteiger partial charge in [-0.25, -0.2) is 0 Å². The van der Waals surface area contributed by atoms with Crippen molar-refractivity contribution in [3.8, 4) is 5.75 Å². The van der Waals surface area contributed by atoms with Crippen molar-refractivity contribution < 1.29 is 4.74 Å². The third-order valence-corrected chi connectivity index (χ3v) is 3.33. The highest BCUT2D eigenvalue weighted by atomic mass is 16.5. The Morgan fingerprint density at radius 1 is 1.24 bits per heavy atom. The second-order valence-corrected chi connectivity index (χ2v) is 4.50. The molecule has 1 aromatic carbocycles. The summed E-state index contributed by atoms with van der Waals surface area (Å²) >= 11 is 0. The van der Waals surface area contributed by atoms with Crippen LogP contribution in [-0.4, -0.2) is 12.6 Å². The van der Waals surface area contributed by atoms with Crippen molar-refractivity contribution in [3.63, 3.8) is 0 Å². The third kappa shape index (κ3) is 2.00. The molecule has 2 atom stereocenters. The van der Waals surface area contributed by atoms with E-state index in [4.69, 9.17) is 10.5 Å². The average molecular weight is 228 g/mol. The highest BCUT2D eigenvalue weighted by Gasteiger charge is 2.32. The fourth-order valence-corrected chi connectivity index (χ4v) is 2.40. The minimum absolute atomic E-state index is 0.217. The van der Waals surface area contributed by atoms with Gasteiger partial charge in [-0.15, -0.1) is 0 Å². The summed E-state index contributed by atoms with van der Waals surface area (Å²) < 4.78 is 6.01. The van der Waals surface area contributed by atoms with Crippen molar-refractivity contribution >= 4 is 5.69 Å². The van der Waals surface area contributed by atoms with Crippen LogP contribution >= 0.6 is 0 Å². The first-order chi connectivity index (χ1) is 8.33. The summed E-state index contributed by atoms with van der Waals surface area (Å²) in [5.74, 6) is 1.36. The Balaban J connectivity index is 1.72. The molecule has 3 nitrogen and oxygen atoms in total. The molecule has 1 fully saturated rings. The normalized spacial score (nSPS) is 26.0. The largest absolute Gasteiger partial charge is 0.488 e. The lowest BCUT2D eigenvalue weighted by molar-refractivity contribution is 0.180. The van der Waals surface area contributed by atoms with Crippen molar-refractivity contribution in [2.24, 2.45) is 5.92 Å². The van der Waals surface area contributed by atoms with Gasteiger partial charge in [-0.2, -0.15) is 0 Å². The number of hydrogen-bond donors (Lipinski definition) is 2. The first-order valence-electron chi connectivity index (χ1n) is 5.96.